The SMILES string of the molecule is C.C.C.C.C.CC1=C(C)N(c2ccccc2C)C(c2ccccc2)N1C.CC1=C(C)N(c2ccccc2C)C(c2ccccc2)N1C.CC1=C(C2CCCC2)N(C)C(c2ccccc2)N1c1ccccc1C.CC1=C(C2CCCCC2)N(C)C(c2ccccc2)N1c1ccccc1C.CC1=C(c2ccccc2)N(C)C(c2ccccc2)N1c1ccccc1C. The summed E-state index contributed by atoms with van der Waals surface area (Å²) in [7, 11) is 11.1. The molecule has 2 aliphatic carbocycles. The molecular formula is C114H146N10. The van der Waals surface area contributed by atoms with Crippen molar-refractivity contribution in [2.45, 2.75) is 209 Å². The first-order valence-corrected chi connectivity index (χ1v) is 43.4. The number of para-hydroxylation sites is 5. The molecule has 18 rings (SSSR count). The van der Waals surface area contributed by atoms with Gasteiger partial charge in [-0.1, -0.05) is 342 Å². The van der Waals surface area contributed by atoms with Crippen LogP contribution in [0.4, 0.5) is 28.4 Å². The Hall–Kier alpha value is -11.9. The van der Waals surface area contributed by atoms with Crippen LogP contribution < -0.4 is 24.5 Å². The van der Waals surface area contributed by atoms with Crippen molar-refractivity contribution in [3.05, 3.63) is 416 Å². The van der Waals surface area contributed by atoms with Crippen molar-refractivity contribution in [1.82, 2.24) is 24.5 Å². The fourth-order valence-electron chi connectivity index (χ4n) is 20.0. The molecule has 124 heavy (non-hydrogen) atoms. The molecular weight excluding hydrogens is 1510 g/mol. The minimum atomic E-state index is 0. The lowest BCUT2D eigenvalue weighted by Crippen LogP contribution is -2.31. The molecule has 5 heterocycles. The molecule has 7 aliphatic rings. The van der Waals surface area contributed by atoms with Crippen molar-refractivity contribution in [2.75, 3.05) is 59.7 Å². The summed E-state index contributed by atoms with van der Waals surface area (Å²) in [5.41, 5.74) is 34.8. The fourth-order valence-corrected chi connectivity index (χ4v) is 20.0. The number of anilines is 5. The second-order valence-corrected chi connectivity index (χ2v) is 33.7. The Balaban J connectivity index is 0.000000174. The van der Waals surface area contributed by atoms with Gasteiger partial charge >= 0.3 is 0 Å². The molecule has 10 heteroatoms. The maximum absolute atomic E-state index is 2.56. The highest BCUT2D eigenvalue weighted by Crippen LogP contribution is 2.52. The van der Waals surface area contributed by atoms with Gasteiger partial charge in [-0.05, 0) is 200 Å². The number of rotatable bonds is 13. The second-order valence-electron chi connectivity index (χ2n) is 33.7. The van der Waals surface area contributed by atoms with Gasteiger partial charge in [0.25, 0.3) is 0 Å². The van der Waals surface area contributed by atoms with Gasteiger partial charge < -0.3 is 49.0 Å². The van der Waals surface area contributed by atoms with E-state index in [9.17, 15) is 0 Å². The van der Waals surface area contributed by atoms with Crippen LogP contribution in [0.3, 0.4) is 0 Å². The molecule has 11 aromatic rings. The summed E-state index contributed by atoms with van der Waals surface area (Å²) in [5, 5.41) is 0. The van der Waals surface area contributed by atoms with E-state index in [2.05, 4.69) is 471 Å². The summed E-state index contributed by atoms with van der Waals surface area (Å²) in [5.74, 6) is 1.42. The number of allylic oxidation sites excluding steroid dienone is 9. The molecule has 2 fully saturated rings. The van der Waals surface area contributed by atoms with Gasteiger partial charge in [-0.3, -0.25) is 0 Å². The zero-order chi connectivity index (χ0) is 83.5. The van der Waals surface area contributed by atoms with E-state index in [1.807, 2.05) is 0 Å². The third-order valence-electron chi connectivity index (χ3n) is 26.3. The van der Waals surface area contributed by atoms with Gasteiger partial charge in [0.1, 0.15) is 30.8 Å². The van der Waals surface area contributed by atoms with Crippen LogP contribution in [0.5, 0.6) is 0 Å². The van der Waals surface area contributed by atoms with Crippen molar-refractivity contribution in [1.29, 1.82) is 0 Å². The smallest absolute Gasteiger partial charge is 0.132 e. The molecule has 0 saturated heterocycles. The van der Waals surface area contributed by atoms with Crippen LogP contribution in [-0.2, 0) is 0 Å². The number of hydrogen-bond donors (Lipinski definition) is 0. The van der Waals surface area contributed by atoms with Crippen molar-refractivity contribution >= 4 is 34.1 Å². The minimum Gasteiger partial charge on any atom is -0.352 e. The number of hydrogen-bond acceptors (Lipinski definition) is 10. The highest BCUT2D eigenvalue weighted by Gasteiger charge is 2.44. The van der Waals surface area contributed by atoms with Crippen LogP contribution in [0, 0.1) is 46.5 Å². The molecule has 5 unspecified atom stereocenters. The molecule has 2 saturated carbocycles. The molecule has 5 atom stereocenters. The van der Waals surface area contributed by atoms with Crippen molar-refractivity contribution in [3.63, 3.8) is 0 Å². The van der Waals surface area contributed by atoms with Crippen molar-refractivity contribution < 1.29 is 0 Å². The molecule has 0 bridgehead atoms. The molecule has 0 radical (unpaired) electrons. The maximum Gasteiger partial charge on any atom is 0.132 e. The van der Waals surface area contributed by atoms with Gasteiger partial charge in [-0.25, -0.2) is 0 Å². The fraction of sp³-hybridized carbons (Fsp3) is 0.333. The zero-order valence-electron chi connectivity index (χ0n) is 73.7. The summed E-state index contributed by atoms with van der Waals surface area (Å²) < 4.78 is 0. The molecule has 0 N–H and O–H groups in total. The third kappa shape index (κ3) is 19.7. The second kappa shape index (κ2) is 43.4. The summed E-state index contributed by atoms with van der Waals surface area (Å²) in [6, 6.07) is 108. The molecule has 5 aliphatic heterocycles. The molecule has 0 aromatic heterocycles. The van der Waals surface area contributed by atoms with Gasteiger partial charge in [0.2, 0.25) is 0 Å². The van der Waals surface area contributed by atoms with Crippen LogP contribution in [0.2, 0.25) is 0 Å². The van der Waals surface area contributed by atoms with Crippen molar-refractivity contribution in [3.8, 4) is 0 Å². The summed E-state index contributed by atoms with van der Waals surface area (Å²) in [4.78, 5) is 24.7. The molecule has 11 aromatic carbocycles. The largest absolute Gasteiger partial charge is 0.352 e. The lowest BCUT2D eigenvalue weighted by Gasteiger charge is -2.35. The first-order valence-electron chi connectivity index (χ1n) is 43.4. The van der Waals surface area contributed by atoms with E-state index < -0.39 is 0 Å². The van der Waals surface area contributed by atoms with E-state index in [1.165, 1.54) is 193 Å². The first kappa shape index (κ1) is 95.9. The summed E-state index contributed by atoms with van der Waals surface area (Å²) in [6.07, 6.45) is 13.3. The molecule has 652 valence electrons. The Morgan fingerprint density at radius 1 is 0.194 bits per heavy atom. The third-order valence-corrected chi connectivity index (χ3v) is 26.3. The molecule has 0 spiro atoms. The highest BCUT2D eigenvalue weighted by molar-refractivity contribution is 5.78. The van der Waals surface area contributed by atoms with Gasteiger partial charge in [0, 0.05) is 127 Å². The summed E-state index contributed by atoms with van der Waals surface area (Å²) >= 11 is 0. The highest BCUT2D eigenvalue weighted by atomic mass is 15.4. The van der Waals surface area contributed by atoms with E-state index in [0.717, 1.165) is 0 Å². The van der Waals surface area contributed by atoms with Gasteiger partial charge in [0.15, 0.2) is 0 Å². The van der Waals surface area contributed by atoms with E-state index in [4.69, 9.17) is 0 Å². The average molecular weight is 1660 g/mol. The Morgan fingerprint density at radius 3 is 0.653 bits per heavy atom. The van der Waals surface area contributed by atoms with E-state index in [0.29, 0.717) is 11.8 Å². The normalized spacial score (nSPS) is 18.7. The van der Waals surface area contributed by atoms with E-state index in [1.54, 1.807) is 11.4 Å². The van der Waals surface area contributed by atoms with Crippen molar-refractivity contribution in [2.24, 2.45) is 11.8 Å². The molecule has 10 nitrogen and oxygen atoms in total. The number of aryl methyl sites for hydroxylation is 5. The maximum atomic E-state index is 2.56. The van der Waals surface area contributed by atoms with E-state index >= 15 is 0 Å². The first-order chi connectivity index (χ1) is 57.8. The monoisotopic (exact) mass is 1660 g/mol. The Kier molecular flexibility index (Phi) is 33.6. The predicted octanol–water partition coefficient (Wildman–Crippen LogP) is 30.5. The lowest BCUT2D eigenvalue weighted by atomic mass is 9.86. The standard InChI is InChI=1S/C24H30N2.C24H24N2.C23H28N2.2C19H22N2.5CH4/c2*1-18-12-10-11-17-22(18)26-19(2)23(20-13-6-4-7-14-20)25(3)24(26)21-15-8-5-9-16-21;1-17-11-7-10-16-21(17)25-18(2)22(19-12-8-9-13-19)24(3)23(25)20-14-5-4-6-15-20;2*1-14-10-8-9-13-18(14)21-16(3)15(2)20(4)19(21)17-11-6-5-7-12-17;;;;;/h5,8-12,15-17,20,24H,4,6-7,13-14H2,1-3H3;4-17,24H,1-3H3;4-7,10-11,14-16,19,23H,8-9,12-13H2,1-3H3;2*5-13,19H,1-4H3;5*1H4. The van der Waals surface area contributed by atoms with Gasteiger partial charge in [-0.15, -0.1) is 0 Å². The number of benzene rings is 11. The Morgan fingerprint density at radius 2 is 0.395 bits per heavy atom. The number of nitrogens with zero attached hydrogens (tertiary/aromatic N) is 10. The quantitative estimate of drug-likeness (QED) is 0.111. The van der Waals surface area contributed by atoms with Crippen LogP contribution >= 0.6 is 0 Å². The van der Waals surface area contributed by atoms with Gasteiger partial charge in [-0.2, -0.15) is 0 Å². The van der Waals surface area contributed by atoms with Crippen LogP contribution in [0.15, 0.2) is 355 Å². The summed E-state index contributed by atoms with van der Waals surface area (Å²) in [6.45, 7) is 26.7. The Bertz CT molecular complexity index is 5270. The predicted molar refractivity (Wildman–Crippen MR) is 536 cm³/mol. The Labute approximate surface area is 750 Å². The van der Waals surface area contributed by atoms with E-state index in [-0.39, 0.29) is 68.0 Å². The molecule has 0 amide bonds. The van der Waals surface area contributed by atoms with Crippen LogP contribution in [0.25, 0.3) is 5.70 Å². The average Bonchev–Trinajstić information content (AvgIpc) is 1.61. The minimum absolute atomic E-state index is 0. The van der Waals surface area contributed by atoms with Crippen LogP contribution in [-0.4, -0.2) is 59.7 Å². The zero-order valence-corrected chi connectivity index (χ0v) is 73.7. The van der Waals surface area contributed by atoms with Gasteiger partial charge in [0.05, 0.1) is 5.70 Å². The van der Waals surface area contributed by atoms with Crippen LogP contribution in [0.1, 0.15) is 235 Å². The topological polar surface area (TPSA) is 32.4 Å². The lowest BCUT2D eigenvalue weighted by molar-refractivity contribution is 0.273.